The first kappa shape index (κ1) is 27.5. The zero-order valence-electron chi connectivity index (χ0n) is 22.9. The Morgan fingerprint density at radius 2 is 1.82 bits per heavy atom. The lowest BCUT2D eigenvalue weighted by Gasteiger charge is -2.32. The standard InChI is InChI=1S/C32H38ClN3O3/c1-3-38-32(37)24-14-18-36(19-15-24)30-9-5-8-29(35-30)27-6-4-7-28(33)31(27)39-21-26-11-10-25(20-22(26)2)23-12-16-34-17-13-23/h4-11,20,23-24,34H,3,12-19,21H2,1-2H3. The largest absolute Gasteiger partial charge is 0.487 e. The minimum atomic E-state index is -0.0873. The summed E-state index contributed by atoms with van der Waals surface area (Å²) >= 11 is 6.66. The van der Waals surface area contributed by atoms with Gasteiger partial charge in [0, 0.05) is 18.7 Å². The van der Waals surface area contributed by atoms with Gasteiger partial charge in [0.25, 0.3) is 0 Å². The van der Waals surface area contributed by atoms with Crippen LogP contribution in [0.4, 0.5) is 5.82 Å². The SMILES string of the molecule is CCOC(=O)C1CCN(c2cccc(-c3cccc(Cl)c3OCc3ccc(C4CCNCC4)cc3C)n2)CC1. The van der Waals surface area contributed by atoms with Gasteiger partial charge in [0.1, 0.15) is 18.2 Å². The van der Waals surface area contributed by atoms with E-state index in [1.165, 1.54) is 24.0 Å². The van der Waals surface area contributed by atoms with Crippen molar-refractivity contribution in [2.75, 3.05) is 37.7 Å². The molecule has 0 atom stereocenters. The number of esters is 1. The number of ether oxygens (including phenoxy) is 2. The Morgan fingerprint density at radius 3 is 2.56 bits per heavy atom. The number of nitrogens with one attached hydrogen (secondary N) is 1. The maximum atomic E-state index is 12.1. The van der Waals surface area contributed by atoms with Crippen molar-refractivity contribution in [2.24, 2.45) is 5.92 Å². The minimum Gasteiger partial charge on any atom is -0.487 e. The summed E-state index contributed by atoms with van der Waals surface area (Å²) in [7, 11) is 0. The molecular weight excluding hydrogens is 510 g/mol. The summed E-state index contributed by atoms with van der Waals surface area (Å²) in [6, 6.07) is 18.6. The van der Waals surface area contributed by atoms with Crippen LogP contribution in [0.1, 0.15) is 55.2 Å². The van der Waals surface area contributed by atoms with E-state index in [0.717, 1.165) is 61.7 Å². The second kappa shape index (κ2) is 12.8. The molecule has 6 nitrogen and oxygen atoms in total. The molecule has 7 heteroatoms. The zero-order chi connectivity index (χ0) is 27.2. The van der Waals surface area contributed by atoms with Gasteiger partial charge in [-0.05, 0) is 99.5 Å². The van der Waals surface area contributed by atoms with E-state index in [0.29, 0.717) is 29.9 Å². The van der Waals surface area contributed by atoms with Crippen molar-refractivity contribution in [1.82, 2.24) is 10.3 Å². The summed E-state index contributed by atoms with van der Waals surface area (Å²) in [4.78, 5) is 19.3. The van der Waals surface area contributed by atoms with E-state index in [9.17, 15) is 4.79 Å². The van der Waals surface area contributed by atoms with Crippen LogP contribution in [-0.2, 0) is 16.1 Å². The summed E-state index contributed by atoms with van der Waals surface area (Å²) in [5.41, 5.74) is 5.50. The van der Waals surface area contributed by atoms with Crippen LogP contribution in [0.5, 0.6) is 5.75 Å². The molecule has 2 fully saturated rings. The highest BCUT2D eigenvalue weighted by molar-refractivity contribution is 6.32. The molecule has 2 aliphatic rings. The predicted molar refractivity (Wildman–Crippen MR) is 157 cm³/mol. The quantitative estimate of drug-likeness (QED) is 0.323. The first-order chi connectivity index (χ1) is 19.0. The van der Waals surface area contributed by atoms with Crippen LogP contribution >= 0.6 is 11.6 Å². The molecule has 2 aliphatic heterocycles. The molecule has 1 aromatic heterocycles. The fourth-order valence-electron chi connectivity index (χ4n) is 5.65. The average molecular weight is 548 g/mol. The van der Waals surface area contributed by atoms with E-state index in [2.05, 4.69) is 35.3 Å². The first-order valence-electron chi connectivity index (χ1n) is 14.1. The van der Waals surface area contributed by atoms with Crippen molar-refractivity contribution in [3.63, 3.8) is 0 Å². The second-order valence-electron chi connectivity index (χ2n) is 10.5. The third kappa shape index (κ3) is 6.56. The van der Waals surface area contributed by atoms with Crippen LogP contribution < -0.4 is 15.0 Å². The second-order valence-corrected chi connectivity index (χ2v) is 10.9. The van der Waals surface area contributed by atoms with Gasteiger partial charge in [0.15, 0.2) is 0 Å². The van der Waals surface area contributed by atoms with Crippen LogP contribution in [-0.4, -0.2) is 43.7 Å². The molecule has 39 heavy (non-hydrogen) atoms. The number of aryl methyl sites for hydroxylation is 1. The van der Waals surface area contributed by atoms with Gasteiger partial charge in [-0.15, -0.1) is 0 Å². The molecule has 206 valence electrons. The third-order valence-corrected chi connectivity index (χ3v) is 8.26. The number of anilines is 1. The average Bonchev–Trinajstić information content (AvgIpc) is 2.97. The number of halogens is 1. The van der Waals surface area contributed by atoms with Crippen LogP contribution in [0.15, 0.2) is 54.6 Å². The number of nitrogens with zero attached hydrogens (tertiary/aromatic N) is 2. The van der Waals surface area contributed by atoms with Crippen molar-refractivity contribution in [1.29, 1.82) is 0 Å². The Hall–Kier alpha value is -3.09. The van der Waals surface area contributed by atoms with E-state index in [4.69, 9.17) is 26.1 Å². The number of hydrogen-bond acceptors (Lipinski definition) is 6. The molecule has 3 aromatic rings. The number of benzene rings is 2. The van der Waals surface area contributed by atoms with E-state index in [-0.39, 0.29) is 11.9 Å². The summed E-state index contributed by atoms with van der Waals surface area (Å²) in [6.45, 7) is 8.59. The number of carbonyl (C=O) groups excluding carboxylic acids is 1. The van der Waals surface area contributed by atoms with Gasteiger partial charge in [-0.1, -0.05) is 41.9 Å². The Balaban J connectivity index is 1.30. The van der Waals surface area contributed by atoms with Gasteiger partial charge in [-0.25, -0.2) is 4.98 Å². The maximum absolute atomic E-state index is 12.1. The molecule has 0 unspecified atom stereocenters. The normalized spacial score (nSPS) is 16.7. The van der Waals surface area contributed by atoms with E-state index in [1.807, 2.05) is 43.3 Å². The number of aromatic nitrogens is 1. The Kier molecular flexibility index (Phi) is 9.05. The Bertz CT molecular complexity index is 1280. The van der Waals surface area contributed by atoms with Gasteiger partial charge in [-0.3, -0.25) is 4.79 Å². The number of hydrogen-bond donors (Lipinski definition) is 1. The molecule has 0 bridgehead atoms. The van der Waals surface area contributed by atoms with Crippen molar-refractivity contribution in [3.8, 4) is 17.0 Å². The van der Waals surface area contributed by atoms with Crippen molar-refractivity contribution < 1.29 is 14.3 Å². The number of piperidine rings is 2. The van der Waals surface area contributed by atoms with Crippen LogP contribution in [0, 0.1) is 12.8 Å². The lowest BCUT2D eigenvalue weighted by atomic mass is 9.88. The Labute approximate surface area is 236 Å². The monoisotopic (exact) mass is 547 g/mol. The zero-order valence-corrected chi connectivity index (χ0v) is 23.7. The third-order valence-electron chi connectivity index (χ3n) is 7.97. The van der Waals surface area contributed by atoms with Gasteiger partial charge in [-0.2, -0.15) is 0 Å². The fourth-order valence-corrected chi connectivity index (χ4v) is 5.88. The van der Waals surface area contributed by atoms with E-state index < -0.39 is 0 Å². The minimum absolute atomic E-state index is 0.0329. The number of rotatable bonds is 8. The first-order valence-corrected chi connectivity index (χ1v) is 14.5. The van der Waals surface area contributed by atoms with E-state index >= 15 is 0 Å². The van der Waals surface area contributed by atoms with Crippen LogP contribution in [0.3, 0.4) is 0 Å². The molecule has 0 radical (unpaired) electrons. The topological polar surface area (TPSA) is 63.7 Å². The van der Waals surface area contributed by atoms with Crippen LogP contribution in [0.25, 0.3) is 11.3 Å². The highest BCUT2D eigenvalue weighted by atomic mass is 35.5. The number of carbonyl (C=O) groups is 1. The smallest absolute Gasteiger partial charge is 0.309 e. The van der Waals surface area contributed by atoms with E-state index in [1.54, 1.807) is 0 Å². The fraction of sp³-hybridized carbons (Fsp3) is 0.438. The molecule has 0 spiro atoms. The molecular formula is C32H38ClN3O3. The van der Waals surface area contributed by atoms with Gasteiger partial charge in [0.2, 0.25) is 0 Å². The molecule has 0 amide bonds. The van der Waals surface area contributed by atoms with Gasteiger partial charge < -0.3 is 19.7 Å². The highest BCUT2D eigenvalue weighted by Gasteiger charge is 2.27. The van der Waals surface area contributed by atoms with Gasteiger partial charge in [0.05, 0.1) is 23.2 Å². The summed E-state index contributed by atoms with van der Waals surface area (Å²) < 4.78 is 11.6. The van der Waals surface area contributed by atoms with Crippen molar-refractivity contribution >= 4 is 23.4 Å². The number of pyridine rings is 1. The number of para-hydroxylation sites is 1. The summed E-state index contributed by atoms with van der Waals surface area (Å²) in [6.07, 6.45) is 3.92. The molecule has 2 aromatic carbocycles. The summed E-state index contributed by atoms with van der Waals surface area (Å²) in [5, 5.41) is 4.02. The molecule has 1 N–H and O–H groups in total. The summed E-state index contributed by atoms with van der Waals surface area (Å²) in [5.74, 6) is 2.05. The molecule has 0 saturated carbocycles. The highest BCUT2D eigenvalue weighted by Crippen LogP contribution is 2.37. The molecule has 0 aliphatic carbocycles. The van der Waals surface area contributed by atoms with Crippen molar-refractivity contribution in [2.45, 2.75) is 52.1 Å². The maximum Gasteiger partial charge on any atom is 0.309 e. The Morgan fingerprint density at radius 1 is 1.05 bits per heavy atom. The van der Waals surface area contributed by atoms with Crippen LogP contribution in [0.2, 0.25) is 5.02 Å². The predicted octanol–water partition coefficient (Wildman–Crippen LogP) is 6.54. The molecule has 5 rings (SSSR count). The lowest BCUT2D eigenvalue weighted by Crippen LogP contribution is -2.37. The molecule has 3 heterocycles. The van der Waals surface area contributed by atoms with Gasteiger partial charge >= 0.3 is 5.97 Å². The lowest BCUT2D eigenvalue weighted by molar-refractivity contribution is -0.148. The van der Waals surface area contributed by atoms with Crippen molar-refractivity contribution in [3.05, 3.63) is 76.3 Å². The molecule has 2 saturated heterocycles.